The average Bonchev–Trinajstić information content (AvgIpc) is 3.16. The van der Waals surface area contributed by atoms with E-state index in [9.17, 15) is 9.18 Å². The second kappa shape index (κ2) is 9.55. The number of benzene rings is 1. The normalized spacial score (nSPS) is 8.95. The minimum Gasteiger partial charge on any atom is -0.387 e. The van der Waals surface area contributed by atoms with E-state index in [1.165, 1.54) is 12.1 Å². The summed E-state index contributed by atoms with van der Waals surface area (Å²) in [7, 11) is 0. The summed E-state index contributed by atoms with van der Waals surface area (Å²) >= 11 is 0. The fourth-order valence-electron chi connectivity index (χ4n) is 1.63. The number of hydrogen-bond donors (Lipinski definition) is 2. The minimum atomic E-state index is -0.462. The van der Waals surface area contributed by atoms with Gasteiger partial charge in [-0.1, -0.05) is 12.1 Å². The molecule has 0 aromatic heterocycles. The molecule has 0 aliphatic rings. The quantitative estimate of drug-likeness (QED) is 0.521. The number of carbonyl (C=O) groups is 1. The summed E-state index contributed by atoms with van der Waals surface area (Å²) in [5.41, 5.74) is 0.834. The number of urea groups is 1. The molecule has 0 aliphatic carbocycles. The summed E-state index contributed by atoms with van der Waals surface area (Å²) in [6.07, 6.45) is 0. The summed E-state index contributed by atoms with van der Waals surface area (Å²) in [4.78, 5) is 11.4. The first-order chi connectivity index (χ1) is 10.3. The molecule has 2 N–H and O–H groups in total. The Hall–Kier alpha value is -2.36. The van der Waals surface area contributed by atoms with E-state index in [0.717, 1.165) is 0 Å². The van der Waals surface area contributed by atoms with Gasteiger partial charge in [-0.15, -0.1) is 12.1 Å². The fourth-order valence-corrected chi connectivity index (χ4v) is 1.63. The molecule has 0 heterocycles. The zero-order chi connectivity index (χ0) is 14.9. The van der Waals surface area contributed by atoms with Crippen LogP contribution in [0.1, 0.15) is 0 Å². The molecule has 0 spiro atoms. The number of nitrogens with one attached hydrogen (secondary N) is 2. The predicted molar refractivity (Wildman–Crippen MR) is 83.1 cm³/mol. The predicted octanol–water partition coefficient (Wildman–Crippen LogP) is 4.59. The van der Waals surface area contributed by atoms with Crippen molar-refractivity contribution in [2.24, 2.45) is 0 Å². The number of carbonyl (C=O) groups excluding carboxylic acids is 1. The van der Waals surface area contributed by atoms with Crippen molar-refractivity contribution in [3.8, 4) is 0 Å². The van der Waals surface area contributed by atoms with Gasteiger partial charge in [-0.25, -0.2) is 16.5 Å². The molecule has 0 bridgehead atoms. The monoisotopic (exact) mass is 338 g/mol. The van der Waals surface area contributed by atoms with Crippen molar-refractivity contribution in [3.05, 3.63) is 84.7 Å². The Morgan fingerprint density at radius 3 is 2.18 bits per heavy atom. The van der Waals surface area contributed by atoms with Crippen molar-refractivity contribution in [2.45, 2.75) is 0 Å². The van der Waals surface area contributed by atoms with Crippen LogP contribution in [-0.4, -0.2) is 6.03 Å². The van der Waals surface area contributed by atoms with E-state index in [2.05, 4.69) is 10.6 Å². The molecular formula is C17H15FFeN2O+4. The van der Waals surface area contributed by atoms with E-state index in [1.807, 2.05) is 30.3 Å². The van der Waals surface area contributed by atoms with Crippen LogP contribution < -0.4 is 10.6 Å². The summed E-state index contributed by atoms with van der Waals surface area (Å²) in [5.74, 6) is -0.458. The average molecular weight is 338 g/mol. The number of halogens is 1. The van der Waals surface area contributed by atoms with Crippen LogP contribution in [0.5, 0.6) is 0 Å². The van der Waals surface area contributed by atoms with Gasteiger partial charge >= 0.3 is 17.1 Å². The van der Waals surface area contributed by atoms with Crippen molar-refractivity contribution in [1.29, 1.82) is 0 Å². The van der Waals surface area contributed by atoms with Crippen LogP contribution in [0.4, 0.5) is 20.6 Å². The molecule has 0 saturated heterocycles. The van der Waals surface area contributed by atoms with Crippen LogP contribution in [0.2, 0.25) is 0 Å². The third-order valence-electron chi connectivity index (χ3n) is 2.60. The van der Waals surface area contributed by atoms with Gasteiger partial charge < -0.3 is 15.4 Å². The maximum absolute atomic E-state index is 13.2. The van der Waals surface area contributed by atoms with Crippen molar-refractivity contribution >= 4 is 17.4 Å². The number of hydrogen-bond acceptors (Lipinski definition) is 1. The Morgan fingerprint density at radius 2 is 1.64 bits per heavy atom. The molecular weight excluding hydrogens is 323 g/mol. The number of para-hydroxylation sites is 1. The second-order valence-corrected chi connectivity index (χ2v) is 4.19. The molecule has 0 atom stereocenters. The molecule has 5 heteroatoms. The van der Waals surface area contributed by atoms with Gasteiger partial charge in [0.15, 0.2) is 0 Å². The first kappa shape index (κ1) is 17.7. The zero-order valence-electron chi connectivity index (χ0n) is 11.6. The Kier molecular flexibility index (Phi) is 7.68. The van der Waals surface area contributed by atoms with E-state index >= 15 is 0 Å². The van der Waals surface area contributed by atoms with Crippen molar-refractivity contribution in [1.82, 2.24) is 0 Å². The van der Waals surface area contributed by atoms with Crippen molar-refractivity contribution in [2.75, 3.05) is 10.6 Å². The number of rotatable bonds is 2. The van der Waals surface area contributed by atoms with Gasteiger partial charge in [0.25, 0.3) is 0 Å². The van der Waals surface area contributed by atoms with Gasteiger partial charge in [0, 0.05) is 0 Å². The van der Waals surface area contributed by atoms with E-state index in [1.54, 1.807) is 36.4 Å². The molecule has 0 unspecified atom stereocenters. The van der Waals surface area contributed by atoms with Crippen molar-refractivity contribution < 1.29 is 26.3 Å². The molecule has 3 nitrogen and oxygen atoms in total. The molecule has 0 saturated carbocycles. The van der Waals surface area contributed by atoms with Crippen LogP contribution >= 0.6 is 0 Å². The molecule has 110 valence electrons. The maximum atomic E-state index is 13.2. The molecule has 3 aromatic carbocycles. The standard InChI is InChI=1S/C12H10FN2O.C5H5.Fe/c13-10-7-3-4-8-11(10)15-12(16)14-9-5-1-2-6-9;1-2-4-5-3-1;/h1-8H,(H2,14,15,16);1-5H;/q2*-1;+6. The molecule has 0 fully saturated rings. The first-order valence-electron chi connectivity index (χ1n) is 6.46. The minimum absolute atomic E-state index is 0. The van der Waals surface area contributed by atoms with Crippen LogP contribution in [0.25, 0.3) is 0 Å². The van der Waals surface area contributed by atoms with E-state index in [4.69, 9.17) is 0 Å². The Labute approximate surface area is 139 Å². The topological polar surface area (TPSA) is 41.1 Å². The third kappa shape index (κ3) is 5.95. The number of anilines is 2. The largest absolute Gasteiger partial charge is 6.00 e. The van der Waals surface area contributed by atoms with E-state index in [-0.39, 0.29) is 22.8 Å². The smallest absolute Gasteiger partial charge is 0.387 e. The summed E-state index contributed by atoms with van der Waals surface area (Å²) in [6, 6.07) is 22.7. The molecule has 3 rings (SSSR count). The van der Waals surface area contributed by atoms with Gasteiger partial charge in [-0.05, 0) is 17.8 Å². The van der Waals surface area contributed by atoms with Crippen LogP contribution in [0.15, 0.2) is 78.9 Å². The molecule has 0 aliphatic heterocycles. The molecule has 2 amide bonds. The van der Waals surface area contributed by atoms with Gasteiger partial charge in [-0.2, -0.15) is 30.3 Å². The Bertz CT molecular complexity index is 634. The van der Waals surface area contributed by atoms with Gasteiger partial charge in [0.2, 0.25) is 6.03 Å². The van der Waals surface area contributed by atoms with E-state index < -0.39 is 11.8 Å². The van der Waals surface area contributed by atoms with Crippen LogP contribution in [-0.2, 0) is 17.1 Å². The summed E-state index contributed by atoms with van der Waals surface area (Å²) < 4.78 is 13.2. The van der Waals surface area contributed by atoms with Crippen molar-refractivity contribution in [3.63, 3.8) is 0 Å². The number of amides is 2. The second-order valence-electron chi connectivity index (χ2n) is 4.19. The third-order valence-corrected chi connectivity index (χ3v) is 2.60. The van der Waals surface area contributed by atoms with Crippen LogP contribution in [0, 0.1) is 5.82 Å². The molecule has 3 aromatic rings. The zero-order valence-corrected chi connectivity index (χ0v) is 12.7. The first-order valence-corrected chi connectivity index (χ1v) is 6.46. The molecule has 0 radical (unpaired) electrons. The van der Waals surface area contributed by atoms with Gasteiger partial charge in [0.1, 0.15) is 5.82 Å². The maximum Gasteiger partial charge on any atom is 6.00 e. The summed E-state index contributed by atoms with van der Waals surface area (Å²) in [6.45, 7) is 0. The fraction of sp³-hybridized carbons (Fsp3) is 0. The molecule has 22 heavy (non-hydrogen) atoms. The Morgan fingerprint density at radius 1 is 1.00 bits per heavy atom. The SMILES string of the molecule is O=C(Nc1ccccc1F)N[c-]1cccc1.[Fe+6].c1cc[cH-]c1. The van der Waals surface area contributed by atoms with Gasteiger partial charge in [-0.3, -0.25) is 0 Å². The van der Waals surface area contributed by atoms with Crippen LogP contribution in [0.3, 0.4) is 0 Å². The van der Waals surface area contributed by atoms with Gasteiger partial charge in [0.05, 0.1) is 5.69 Å². The summed E-state index contributed by atoms with van der Waals surface area (Å²) in [5, 5.41) is 5.00. The van der Waals surface area contributed by atoms with E-state index in [0.29, 0.717) is 5.69 Å². The Balaban J connectivity index is 0.000000344.